The van der Waals surface area contributed by atoms with E-state index in [4.69, 9.17) is 16.3 Å². The zero-order chi connectivity index (χ0) is 11.5. The number of halogens is 2. The number of rotatable bonds is 3. The fraction of sp³-hybridized carbons (Fsp3) is 0.417. The average Bonchev–Trinajstić information content (AvgIpc) is 2.76. The van der Waals surface area contributed by atoms with Gasteiger partial charge in [-0.2, -0.15) is 0 Å². The zero-order valence-corrected chi connectivity index (χ0v) is 9.47. The molecule has 1 aromatic rings. The van der Waals surface area contributed by atoms with Gasteiger partial charge in [0.2, 0.25) is 0 Å². The van der Waals surface area contributed by atoms with Crippen LogP contribution in [0.15, 0.2) is 18.2 Å². The van der Waals surface area contributed by atoms with Gasteiger partial charge in [0.05, 0.1) is 6.61 Å². The summed E-state index contributed by atoms with van der Waals surface area (Å²) in [6.07, 6.45) is 0.782. The van der Waals surface area contributed by atoms with Crippen LogP contribution in [0.4, 0.5) is 4.39 Å². The van der Waals surface area contributed by atoms with Crippen molar-refractivity contribution in [2.24, 2.45) is 5.92 Å². The van der Waals surface area contributed by atoms with E-state index < -0.39 is 5.82 Å². The van der Waals surface area contributed by atoms with Crippen LogP contribution in [0.2, 0.25) is 5.02 Å². The number of ether oxygens (including phenoxy) is 1. The first kappa shape index (κ1) is 11.6. The van der Waals surface area contributed by atoms with Crippen molar-refractivity contribution in [1.82, 2.24) is 0 Å². The van der Waals surface area contributed by atoms with E-state index in [0.29, 0.717) is 23.8 Å². The molecule has 0 amide bonds. The Kier molecular flexibility index (Phi) is 3.56. The second-order valence-electron chi connectivity index (χ2n) is 3.90. The normalized spacial score (nSPS) is 20.0. The molecule has 1 aliphatic heterocycles. The molecule has 86 valence electrons. The van der Waals surface area contributed by atoms with E-state index in [0.717, 1.165) is 6.42 Å². The summed E-state index contributed by atoms with van der Waals surface area (Å²) >= 11 is 5.86. The maximum atomic E-state index is 13.4. The van der Waals surface area contributed by atoms with E-state index in [1.807, 2.05) is 0 Å². The topological polar surface area (TPSA) is 26.3 Å². The predicted octanol–water partition coefficient (Wildman–Crippen LogP) is 2.63. The van der Waals surface area contributed by atoms with Gasteiger partial charge >= 0.3 is 0 Å². The van der Waals surface area contributed by atoms with Crippen molar-refractivity contribution >= 4 is 17.4 Å². The van der Waals surface area contributed by atoms with Crippen molar-refractivity contribution in [3.63, 3.8) is 0 Å². The van der Waals surface area contributed by atoms with Crippen LogP contribution in [-0.2, 0) is 16.0 Å². The van der Waals surface area contributed by atoms with Gasteiger partial charge in [-0.15, -0.1) is 0 Å². The maximum Gasteiger partial charge on any atom is 0.142 e. The van der Waals surface area contributed by atoms with Gasteiger partial charge in [-0.3, -0.25) is 4.79 Å². The van der Waals surface area contributed by atoms with Crippen LogP contribution in [0.3, 0.4) is 0 Å². The number of carbonyl (C=O) groups is 1. The molecule has 0 aliphatic carbocycles. The summed E-state index contributed by atoms with van der Waals surface area (Å²) in [6.45, 7) is 1.06. The molecule has 0 aromatic heterocycles. The fourth-order valence-electron chi connectivity index (χ4n) is 1.81. The molecule has 0 saturated carbocycles. The minimum atomic E-state index is -0.417. The third kappa shape index (κ3) is 2.42. The molecule has 0 radical (unpaired) electrons. The largest absolute Gasteiger partial charge is 0.381 e. The van der Waals surface area contributed by atoms with Gasteiger partial charge in [0.15, 0.2) is 0 Å². The Labute approximate surface area is 98.4 Å². The SMILES string of the molecule is O=C(Cc1c(F)cccc1Cl)C1CCOC1. The fourth-order valence-corrected chi connectivity index (χ4v) is 2.04. The Bertz CT molecular complexity index is 380. The molecule has 0 N–H and O–H groups in total. The summed E-state index contributed by atoms with van der Waals surface area (Å²) in [4.78, 5) is 11.8. The van der Waals surface area contributed by atoms with E-state index in [1.165, 1.54) is 12.1 Å². The van der Waals surface area contributed by atoms with Crippen molar-refractivity contribution in [2.45, 2.75) is 12.8 Å². The lowest BCUT2D eigenvalue weighted by Crippen LogP contribution is -2.17. The summed E-state index contributed by atoms with van der Waals surface area (Å²) in [5, 5.41) is 0.312. The van der Waals surface area contributed by atoms with E-state index in [9.17, 15) is 9.18 Å². The van der Waals surface area contributed by atoms with Gasteiger partial charge in [0.25, 0.3) is 0 Å². The Hall–Kier alpha value is -0.930. The lowest BCUT2D eigenvalue weighted by atomic mass is 9.97. The van der Waals surface area contributed by atoms with Gasteiger partial charge in [-0.1, -0.05) is 17.7 Å². The standard InChI is InChI=1S/C12H12ClFO2/c13-10-2-1-3-11(14)9(10)6-12(15)8-4-5-16-7-8/h1-3,8H,4-7H2. The molecule has 1 unspecified atom stereocenters. The lowest BCUT2D eigenvalue weighted by Gasteiger charge is -2.08. The molecule has 1 fully saturated rings. The van der Waals surface area contributed by atoms with Gasteiger partial charge in [-0.25, -0.2) is 4.39 Å². The van der Waals surface area contributed by atoms with Crippen LogP contribution in [-0.4, -0.2) is 19.0 Å². The molecule has 1 aliphatic rings. The van der Waals surface area contributed by atoms with Crippen molar-refractivity contribution in [2.75, 3.05) is 13.2 Å². The van der Waals surface area contributed by atoms with Crippen molar-refractivity contribution in [3.05, 3.63) is 34.6 Å². The quantitative estimate of drug-likeness (QED) is 0.815. The lowest BCUT2D eigenvalue weighted by molar-refractivity contribution is -0.122. The molecule has 16 heavy (non-hydrogen) atoms. The highest BCUT2D eigenvalue weighted by Crippen LogP contribution is 2.22. The van der Waals surface area contributed by atoms with Gasteiger partial charge in [-0.05, 0) is 18.6 Å². The monoisotopic (exact) mass is 242 g/mol. The highest BCUT2D eigenvalue weighted by atomic mass is 35.5. The molecule has 0 bridgehead atoms. The van der Waals surface area contributed by atoms with Gasteiger partial charge in [0.1, 0.15) is 11.6 Å². The first-order valence-electron chi connectivity index (χ1n) is 5.22. The Morgan fingerprint density at radius 2 is 2.38 bits per heavy atom. The van der Waals surface area contributed by atoms with Crippen molar-refractivity contribution < 1.29 is 13.9 Å². The van der Waals surface area contributed by atoms with Crippen LogP contribution in [0.5, 0.6) is 0 Å². The summed E-state index contributed by atoms with van der Waals surface area (Å²) < 4.78 is 18.6. The molecule has 2 rings (SSSR count). The molecule has 0 spiro atoms. The third-order valence-electron chi connectivity index (χ3n) is 2.80. The average molecular weight is 243 g/mol. The van der Waals surface area contributed by atoms with E-state index >= 15 is 0 Å². The summed E-state index contributed by atoms with van der Waals surface area (Å²) in [6, 6.07) is 4.45. The number of ketones is 1. The molecule has 1 saturated heterocycles. The van der Waals surface area contributed by atoms with Crippen LogP contribution < -0.4 is 0 Å². The Balaban J connectivity index is 2.11. The highest BCUT2D eigenvalue weighted by Gasteiger charge is 2.24. The van der Waals surface area contributed by atoms with Crippen molar-refractivity contribution in [3.8, 4) is 0 Å². The van der Waals surface area contributed by atoms with Crippen LogP contribution in [0.25, 0.3) is 0 Å². The van der Waals surface area contributed by atoms with Crippen LogP contribution >= 0.6 is 11.6 Å². The molecule has 1 atom stereocenters. The van der Waals surface area contributed by atoms with Crippen LogP contribution in [0.1, 0.15) is 12.0 Å². The van der Waals surface area contributed by atoms with Crippen LogP contribution in [0, 0.1) is 11.7 Å². The number of hydrogen-bond acceptors (Lipinski definition) is 2. The predicted molar refractivity (Wildman–Crippen MR) is 59.0 cm³/mol. The number of carbonyl (C=O) groups excluding carboxylic acids is 1. The van der Waals surface area contributed by atoms with Crippen molar-refractivity contribution in [1.29, 1.82) is 0 Å². The second kappa shape index (κ2) is 4.93. The van der Waals surface area contributed by atoms with E-state index in [-0.39, 0.29) is 18.1 Å². The minimum Gasteiger partial charge on any atom is -0.381 e. The number of benzene rings is 1. The number of Topliss-reactive ketones (excluding diaryl/α,β-unsaturated/α-hetero) is 1. The minimum absolute atomic E-state index is 0.00417. The first-order valence-corrected chi connectivity index (χ1v) is 5.59. The molecular weight excluding hydrogens is 231 g/mol. The Morgan fingerprint density at radius 3 is 3.00 bits per heavy atom. The van der Waals surface area contributed by atoms with E-state index in [2.05, 4.69) is 0 Å². The summed E-state index contributed by atoms with van der Waals surface area (Å²) in [5.74, 6) is -0.514. The van der Waals surface area contributed by atoms with Gasteiger partial charge in [0, 0.05) is 29.5 Å². The smallest absolute Gasteiger partial charge is 0.142 e. The molecule has 4 heteroatoms. The molecule has 1 heterocycles. The van der Waals surface area contributed by atoms with Gasteiger partial charge < -0.3 is 4.74 Å². The molecule has 2 nitrogen and oxygen atoms in total. The highest BCUT2D eigenvalue weighted by molar-refractivity contribution is 6.31. The van der Waals surface area contributed by atoms with E-state index in [1.54, 1.807) is 6.07 Å². The summed E-state index contributed by atoms with van der Waals surface area (Å²) in [5.41, 5.74) is 0.293. The second-order valence-corrected chi connectivity index (χ2v) is 4.31. The zero-order valence-electron chi connectivity index (χ0n) is 8.71. The Morgan fingerprint density at radius 1 is 1.56 bits per heavy atom. The molecule has 1 aromatic carbocycles. The maximum absolute atomic E-state index is 13.4. The molecular formula is C12H12ClFO2. The number of hydrogen-bond donors (Lipinski definition) is 0. The first-order chi connectivity index (χ1) is 7.68. The summed E-state index contributed by atoms with van der Waals surface area (Å²) in [7, 11) is 0. The third-order valence-corrected chi connectivity index (χ3v) is 3.15.